The van der Waals surface area contributed by atoms with E-state index in [2.05, 4.69) is 19.1 Å². The van der Waals surface area contributed by atoms with Crippen molar-refractivity contribution in [2.24, 2.45) is 17.8 Å². The first-order valence-corrected chi connectivity index (χ1v) is 13.0. The van der Waals surface area contributed by atoms with Gasteiger partial charge < -0.3 is 0 Å². The summed E-state index contributed by atoms with van der Waals surface area (Å²) >= 11 is 0. The van der Waals surface area contributed by atoms with Gasteiger partial charge in [-0.3, -0.25) is 0 Å². The van der Waals surface area contributed by atoms with Gasteiger partial charge in [0.25, 0.3) is 0 Å². The number of hydrogen-bond donors (Lipinski definition) is 0. The average Bonchev–Trinajstić information content (AvgIpc) is 2.77. The molecule has 5 heteroatoms. The van der Waals surface area contributed by atoms with Gasteiger partial charge in [-0.05, 0) is 92.7 Å². The topological polar surface area (TPSA) is 0 Å². The zero-order valence-corrected chi connectivity index (χ0v) is 19.9. The predicted octanol–water partition coefficient (Wildman–Crippen LogP) is 9.98. The van der Waals surface area contributed by atoms with Gasteiger partial charge >= 0.3 is 6.18 Å². The quantitative estimate of drug-likeness (QED) is 0.191. The molecule has 0 saturated heterocycles. The van der Waals surface area contributed by atoms with Crippen molar-refractivity contribution in [3.63, 3.8) is 0 Å². The number of benzene rings is 1. The molecule has 2 fully saturated rings. The Balaban J connectivity index is 1.40. The lowest BCUT2D eigenvalue weighted by Gasteiger charge is -2.29. The molecule has 2 saturated carbocycles. The van der Waals surface area contributed by atoms with Gasteiger partial charge in [0.1, 0.15) is 17.2 Å². The maximum Gasteiger partial charge on any atom is 0.422 e. The van der Waals surface area contributed by atoms with Crippen molar-refractivity contribution in [1.82, 2.24) is 0 Å². The third-order valence-corrected chi connectivity index (χ3v) is 7.85. The minimum Gasteiger partial charge on any atom is -0.206 e. The molecule has 2 aliphatic rings. The van der Waals surface area contributed by atoms with Crippen LogP contribution in [0.15, 0.2) is 24.3 Å². The van der Waals surface area contributed by atoms with Gasteiger partial charge in [-0.25, -0.2) is 8.78 Å². The van der Waals surface area contributed by atoms with Crippen molar-refractivity contribution < 1.29 is 22.0 Å². The second-order valence-electron chi connectivity index (χ2n) is 10.3. The molecule has 0 heterocycles. The van der Waals surface area contributed by atoms with Gasteiger partial charge in [0.15, 0.2) is 0 Å². The van der Waals surface area contributed by atoms with Crippen molar-refractivity contribution in [3.05, 3.63) is 47.0 Å². The summed E-state index contributed by atoms with van der Waals surface area (Å²) in [5, 5.41) is 0. The van der Waals surface area contributed by atoms with Crippen molar-refractivity contribution in [3.8, 4) is 0 Å². The maximum atomic E-state index is 13.9. The van der Waals surface area contributed by atoms with E-state index in [4.69, 9.17) is 0 Å². The highest BCUT2D eigenvalue weighted by atomic mass is 19.4. The van der Waals surface area contributed by atoms with Crippen molar-refractivity contribution in [2.45, 2.75) is 109 Å². The molecule has 1 aromatic rings. The number of alkyl halides is 3. The molecule has 0 aliphatic heterocycles. The summed E-state index contributed by atoms with van der Waals surface area (Å²) in [5.74, 6) is -1.06. The molecule has 0 nitrogen and oxygen atoms in total. The SMILES string of the molecule is CCCCCCC[C@H]1CC[C@H](C=C[C@H]2CC[C@H](c3cc(F)c(C(F)(F)F)c(F)c3)CC2)CC1. The molecule has 3 rings (SSSR count). The Kier molecular flexibility index (Phi) is 9.81. The molecule has 0 unspecified atom stereocenters. The zero-order valence-electron chi connectivity index (χ0n) is 19.9. The van der Waals surface area contributed by atoms with Crippen LogP contribution in [0.25, 0.3) is 0 Å². The summed E-state index contributed by atoms with van der Waals surface area (Å²) in [6, 6.07) is 1.77. The fraction of sp³-hybridized carbons (Fsp3) is 0.714. The van der Waals surface area contributed by atoms with Crippen LogP contribution >= 0.6 is 0 Å². The van der Waals surface area contributed by atoms with Crippen LogP contribution in [-0.4, -0.2) is 0 Å². The summed E-state index contributed by atoms with van der Waals surface area (Å²) < 4.78 is 66.3. The lowest BCUT2D eigenvalue weighted by atomic mass is 9.76. The first-order chi connectivity index (χ1) is 15.8. The van der Waals surface area contributed by atoms with E-state index in [9.17, 15) is 22.0 Å². The van der Waals surface area contributed by atoms with E-state index in [1.807, 2.05) is 0 Å². The molecule has 0 bridgehead atoms. The lowest BCUT2D eigenvalue weighted by molar-refractivity contribution is -0.142. The van der Waals surface area contributed by atoms with E-state index in [0.717, 1.165) is 43.7 Å². The smallest absolute Gasteiger partial charge is 0.206 e. The van der Waals surface area contributed by atoms with E-state index in [0.29, 0.717) is 17.4 Å². The first kappa shape index (κ1) is 26.2. The Morgan fingerprint density at radius 1 is 0.758 bits per heavy atom. The molecule has 0 amide bonds. The van der Waals surface area contributed by atoms with Gasteiger partial charge in [-0.15, -0.1) is 0 Å². The molecule has 33 heavy (non-hydrogen) atoms. The van der Waals surface area contributed by atoms with Gasteiger partial charge in [0.2, 0.25) is 0 Å². The van der Waals surface area contributed by atoms with Crippen LogP contribution in [0.2, 0.25) is 0 Å². The van der Waals surface area contributed by atoms with Crippen LogP contribution in [0, 0.1) is 29.4 Å². The van der Waals surface area contributed by atoms with Gasteiger partial charge in [0.05, 0.1) is 0 Å². The third-order valence-electron chi connectivity index (χ3n) is 7.85. The van der Waals surface area contributed by atoms with Crippen LogP contribution < -0.4 is 0 Å². The largest absolute Gasteiger partial charge is 0.422 e. The number of halogens is 5. The molecule has 0 N–H and O–H groups in total. The zero-order chi connectivity index (χ0) is 23.8. The summed E-state index contributed by atoms with van der Waals surface area (Å²) in [6.45, 7) is 2.25. The first-order valence-electron chi connectivity index (χ1n) is 13.0. The van der Waals surface area contributed by atoms with Gasteiger partial charge in [0, 0.05) is 0 Å². The summed E-state index contributed by atoms with van der Waals surface area (Å²) in [5.41, 5.74) is -1.43. The monoisotopic (exact) mass is 470 g/mol. The third kappa shape index (κ3) is 7.82. The Bertz CT molecular complexity index is 727. The van der Waals surface area contributed by atoms with E-state index in [1.165, 1.54) is 64.2 Å². The molecule has 0 spiro atoms. The minimum absolute atomic E-state index is 0.0753. The van der Waals surface area contributed by atoms with Gasteiger partial charge in [-0.1, -0.05) is 57.6 Å². The van der Waals surface area contributed by atoms with Crippen LogP contribution in [0.3, 0.4) is 0 Å². The normalized spacial score (nSPS) is 26.7. The summed E-state index contributed by atoms with van der Waals surface area (Å²) in [6.07, 6.45) is 16.4. The number of allylic oxidation sites excluding steroid dienone is 2. The lowest BCUT2D eigenvalue weighted by Crippen LogP contribution is -2.16. The van der Waals surface area contributed by atoms with Crippen LogP contribution in [-0.2, 0) is 6.18 Å². The fourth-order valence-electron chi connectivity index (χ4n) is 5.76. The Morgan fingerprint density at radius 3 is 1.79 bits per heavy atom. The standard InChI is InChI=1S/C28H39F5/c1-2-3-4-5-6-7-20-8-10-21(11-9-20)12-13-22-14-16-23(17-15-22)24-18-25(29)27(26(30)19-24)28(31,32)33/h12-13,18-23H,2-11,14-17H2,1H3/t20-,21-,22-,23-. The molecule has 186 valence electrons. The van der Waals surface area contributed by atoms with E-state index < -0.39 is 23.4 Å². The average molecular weight is 471 g/mol. The highest BCUT2D eigenvalue weighted by Gasteiger charge is 2.38. The highest BCUT2D eigenvalue weighted by Crippen LogP contribution is 2.40. The fourth-order valence-corrected chi connectivity index (χ4v) is 5.76. The van der Waals surface area contributed by atoms with Crippen LogP contribution in [0.5, 0.6) is 0 Å². The molecular weight excluding hydrogens is 431 g/mol. The molecular formula is C28H39F5. The summed E-state index contributed by atoms with van der Waals surface area (Å²) in [4.78, 5) is 0. The van der Waals surface area contributed by atoms with Crippen LogP contribution in [0.1, 0.15) is 114 Å². The summed E-state index contributed by atoms with van der Waals surface area (Å²) in [7, 11) is 0. The molecule has 1 aromatic carbocycles. The van der Waals surface area contributed by atoms with E-state index >= 15 is 0 Å². The van der Waals surface area contributed by atoms with Crippen molar-refractivity contribution in [1.29, 1.82) is 0 Å². The Labute approximate surface area is 196 Å². The molecule has 0 aromatic heterocycles. The second kappa shape index (κ2) is 12.4. The van der Waals surface area contributed by atoms with Crippen molar-refractivity contribution >= 4 is 0 Å². The van der Waals surface area contributed by atoms with E-state index in [-0.39, 0.29) is 5.92 Å². The second-order valence-corrected chi connectivity index (χ2v) is 10.3. The number of rotatable bonds is 9. The van der Waals surface area contributed by atoms with Gasteiger partial charge in [-0.2, -0.15) is 13.2 Å². The highest BCUT2D eigenvalue weighted by molar-refractivity contribution is 5.31. The molecule has 0 atom stereocenters. The Morgan fingerprint density at radius 2 is 1.27 bits per heavy atom. The van der Waals surface area contributed by atoms with E-state index in [1.54, 1.807) is 0 Å². The molecule has 2 aliphatic carbocycles. The Hall–Kier alpha value is -1.39. The van der Waals surface area contributed by atoms with Crippen molar-refractivity contribution in [2.75, 3.05) is 0 Å². The predicted molar refractivity (Wildman–Crippen MR) is 124 cm³/mol. The van der Waals surface area contributed by atoms with Crippen LogP contribution in [0.4, 0.5) is 22.0 Å². The number of unbranched alkanes of at least 4 members (excludes halogenated alkanes) is 4. The number of hydrogen-bond acceptors (Lipinski definition) is 0. The molecule has 0 radical (unpaired) electrons. The maximum absolute atomic E-state index is 13.9. The minimum atomic E-state index is -5.01.